The van der Waals surface area contributed by atoms with Crippen molar-refractivity contribution in [3.05, 3.63) is 33.9 Å². The van der Waals surface area contributed by atoms with Gasteiger partial charge in [0.1, 0.15) is 0 Å². The summed E-state index contributed by atoms with van der Waals surface area (Å²) < 4.78 is 0. The fourth-order valence-corrected chi connectivity index (χ4v) is 2.36. The Balaban J connectivity index is 2.07. The van der Waals surface area contributed by atoms with E-state index in [1.54, 1.807) is 19.1 Å². The molecule has 0 aromatic heterocycles. The summed E-state index contributed by atoms with van der Waals surface area (Å²) in [5.41, 5.74) is 1.77. The minimum Gasteiger partial charge on any atom is -0.395 e. The van der Waals surface area contributed by atoms with E-state index in [0.29, 0.717) is 12.1 Å². The molecule has 0 unspecified atom stereocenters. The van der Waals surface area contributed by atoms with Crippen LogP contribution in [0.25, 0.3) is 0 Å². The first-order valence-corrected chi connectivity index (χ1v) is 6.45. The molecule has 0 bridgehead atoms. The van der Waals surface area contributed by atoms with Gasteiger partial charge in [0.25, 0.3) is 5.69 Å². The van der Waals surface area contributed by atoms with Crippen molar-refractivity contribution in [2.45, 2.75) is 6.92 Å². The Morgan fingerprint density at radius 2 is 2.00 bits per heavy atom. The molecule has 1 aromatic carbocycles. The second kappa shape index (κ2) is 5.99. The molecule has 0 atom stereocenters. The van der Waals surface area contributed by atoms with Gasteiger partial charge in [-0.25, -0.2) is 0 Å². The second-order valence-electron chi connectivity index (χ2n) is 4.78. The number of nitro benzene ring substituents is 1. The van der Waals surface area contributed by atoms with Crippen LogP contribution in [0.2, 0.25) is 0 Å². The monoisotopic (exact) mass is 265 g/mol. The lowest BCUT2D eigenvalue weighted by molar-refractivity contribution is -0.385. The highest BCUT2D eigenvalue weighted by Crippen LogP contribution is 2.25. The van der Waals surface area contributed by atoms with E-state index in [1.807, 2.05) is 6.07 Å². The quantitative estimate of drug-likeness (QED) is 0.650. The molecule has 1 aromatic rings. The molecule has 0 aliphatic carbocycles. The number of anilines is 1. The number of hydrogen-bond donors (Lipinski definition) is 1. The Labute approximate surface area is 112 Å². The van der Waals surface area contributed by atoms with E-state index >= 15 is 0 Å². The summed E-state index contributed by atoms with van der Waals surface area (Å²) in [6, 6.07) is 5.38. The molecule has 1 heterocycles. The van der Waals surface area contributed by atoms with E-state index in [-0.39, 0.29) is 17.2 Å². The van der Waals surface area contributed by atoms with E-state index in [0.717, 1.165) is 31.9 Å². The zero-order valence-corrected chi connectivity index (χ0v) is 11.1. The van der Waals surface area contributed by atoms with Crippen molar-refractivity contribution in [2.75, 3.05) is 44.2 Å². The molecule has 1 N–H and O–H groups in total. The largest absolute Gasteiger partial charge is 0.395 e. The number of nitro groups is 1. The van der Waals surface area contributed by atoms with Crippen LogP contribution in [0.15, 0.2) is 18.2 Å². The van der Waals surface area contributed by atoms with Gasteiger partial charge in [-0.05, 0) is 13.0 Å². The molecule has 0 amide bonds. The summed E-state index contributed by atoms with van der Waals surface area (Å²) in [4.78, 5) is 15.0. The Kier molecular flexibility index (Phi) is 4.34. The number of aliphatic hydroxyl groups is 1. The number of benzene rings is 1. The average molecular weight is 265 g/mol. The molecule has 1 saturated heterocycles. The van der Waals surface area contributed by atoms with Gasteiger partial charge in [0.15, 0.2) is 0 Å². The van der Waals surface area contributed by atoms with E-state index < -0.39 is 0 Å². The first-order chi connectivity index (χ1) is 9.11. The van der Waals surface area contributed by atoms with E-state index in [4.69, 9.17) is 5.11 Å². The third-order valence-electron chi connectivity index (χ3n) is 3.54. The number of hydrogen-bond acceptors (Lipinski definition) is 5. The van der Waals surface area contributed by atoms with E-state index in [2.05, 4.69) is 9.80 Å². The third-order valence-corrected chi connectivity index (χ3v) is 3.54. The van der Waals surface area contributed by atoms with Gasteiger partial charge in [-0.2, -0.15) is 0 Å². The minimum atomic E-state index is -0.332. The smallest absolute Gasteiger partial charge is 0.274 e. The topological polar surface area (TPSA) is 69.8 Å². The number of aryl methyl sites for hydroxylation is 1. The standard InChI is InChI=1S/C13H19N3O3/c1-11-2-3-12(10-13(11)16(18)19)15-6-4-14(5-7-15)8-9-17/h2-3,10,17H,4-9H2,1H3. The fraction of sp³-hybridized carbons (Fsp3) is 0.538. The van der Waals surface area contributed by atoms with Gasteiger partial charge in [0.05, 0.1) is 11.5 Å². The van der Waals surface area contributed by atoms with Crippen molar-refractivity contribution in [1.82, 2.24) is 4.90 Å². The lowest BCUT2D eigenvalue weighted by atomic mass is 10.1. The molecule has 19 heavy (non-hydrogen) atoms. The SMILES string of the molecule is Cc1ccc(N2CCN(CCO)CC2)cc1[N+](=O)[O-]. The average Bonchev–Trinajstić information content (AvgIpc) is 2.40. The second-order valence-corrected chi connectivity index (χ2v) is 4.78. The summed E-state index contributed by atoms with van der Waals surface area (Å²) in [5.74, 6) is 0. The maximum atomic E-state index is 10.9. The molecule has 104 valence electrons. The van der Waals surface area contributed by atoms with Gasteiger partial charge in [0.2, 0.25) is 0 Å². The predicted molar refractivity (Wildman–Crippen MR) is 73.6 cm³/mol. The number of piperazine rings is 1. The van der Waals surface area contributed by atoms with Crippen LogP contribution in [-0.4, -0.2) is 54.3 Å². The van der Waals surface area contributed by atoms with E-state index in [1.165, 1.54) is 0 Å². The summed E-state index contributed by atoms with van der Waals surface area (Å²) in [5, 5.41) is 19.8. The molecule has 2 rings (SSSR count). The maximum absolute atomic E-state index is 10.9. The van der Waals surface area contributed by atoms with Gasteiger partial charge in [-0.3, -0.25) is 15.0 Å². The lowest BCUT2D eigenvalue weighted by Crippen LogP contribution is -2.47. The summed E-state index contributed by atoms with van der Waals surface area (Å²) in [6.07, 6.45) is 0. The number of aliphatic hydroxyl groups excluding tert-OH is 1. The Morgan fingerprint density at radius 3 is 2.58 bits per heavy atom. The highest BCUT2D eigenvalue weighted by Gasteiger charge is 2.19. The predicted octanol–water partition coefficient (Wildman–Crippen LogP) is 1.02. The van der Waals surface area contributed by atoms with Crippen molar-refractivity contribution in [1.29, 1.82) is 0 Å². The molecular weight excluding hydrogens is 246 g/mol. The number of rotatable bonds is 4. The summed E-state index contributed by atoms with van der Waals surface area (Å²) in [7, 11) is 0. The lowest BCUT2D eigenvalue weighted by Gasteiger charge is -2.35. The zero-order valence-electron chi connectivity index (χ0n) is 11.1. The maximum Gasteiger partial charge on any atom is 0.274 e. The van der Waals surface area contributed by atoms with Crippen LogP contribution in [0.1, 0.15) is 5.56 Å². The molecule has 0 saturated carbocycles. The highest BCUT2D eigenvalue weighted by atomic mass is 16.6. The minimum absolute atomic E-state index is 0.176. The highest BCUT2D eigenvalue weighted by molar-refractivity contribution is 5.56. The van der Waals surface area contributed by atoms with Gasteiger partial charge >= 0.3 is 0 Å². The normalized spacial score (nSPS) is 16.6. The van der Waals surface area contributed by atoms with Crippen molar-refractivity contribution >= 4 is 11.4 Å². The first-order valence-electron chi connectivity index (χ1n) is 6.45. The van der Waals surface area contributed by atoms with Gasteiger partial charge in [0, 0.05) is 50.0 Å². The summed E-state index contributed by atoms with van der Waals surface area (Å²) >= 11 is 0. The Hall–Kier alpha value is -1.66. The number of β-amino-alcohol motifs (C(OH)–C–C–N with tert-alkyl or cyclic N) is 1. The third kappa shape index (κ3) is 3.21. The number of nitrogens with zero attached hydrogens (tertiary/aromatic N) is 3. The van der Waals surface area contributed by atoms with Crippen LogP contribution in [0, 0.1) is 17.0 Å². The fourth-order valence-electron chi connectivity index (χ4n) is 2.36. The van der Waals surface area contributed by atoms with E-state index in [9.17, 15) is 10.1 Å². The van der Waals surface area contributed by atoms with Crippen molar-refractivity contribution in [3.63, 3.8) is 0 Å². The van der Waals surface area contributed by atoms with Crippen LogP contribution in [0.4, 0.5) is 11.4 Å². The van der Waals surface area contributed by atoms with Crippen LogP contribution in [-0.2, 0) is 0 Å². The zero-order chi connectivity index (χ0) is 13.8. The molecule has 0 radical (unpaired) electrons. The van der Waals surface area contributed by atoms with Gasteiger partial charge in [-0.1, -0.05) is 6.07 Å². The van der Waals surface area contributed by atoms with Crippen LogP contribution in [0.3, 0.4) is 0 Å². The van der Waals surface area contributed by atoms with Gasteiger partial charge in [-0.15, -0.1) is 0 Å². The molecule has 6 nitrogen and oxygen atoms in total. The molecule has 1 fully saturated rings. The molecule has 0 spiro atoms. The van der Waals surface area contributed by atoms with Gasteiger partial charge < -0.3 is 10.0 Å². The van der Waals surface area contributed by atoms with Crippen LogP contribution < -0.4 is 4.90 Å². The molecule has 6 heteroatoms. The molecule has 1 aliphatic heterocycles. The Morgan fingerprint density at radius 1 is 1.32 bits per heavy atom. The van der Waals surface area contributed by atoms with Crippen LogP contribution >= 0.6 is 0 Å². The first kappa shape index (κ1) is 13.8. The van der Waals surface area contributed by atoms with Crippen molar-refractivity contribution in [3.8, 4) is 0 Å². The molecule has 1 aliphatic rings. The Bertz CT molecular complexity index is 456. The van der Waals surface area contributed by atoms with Crippen molar-refractivity contribution < 1.29 is 10.0 Å². The summed E-state index contributed by atoms with van der Waals surface area (Å²) in [6.45, 7) is 6.05. The van der Waals surface area contributed by atoms with Crippen LogP contribution in [0.5, 0.6) is 0 Å². The van der Waals surface area contributed by atoms with Crippen molar-refractivity contribution in [2.24, 2.45) is 0 Å². The molecular formula is C13H19N3O3.